The van der Waals surface area contributed by atoms with Gasteiger partial charge in [-0.3, -0.25) is 4.90 Å². The molecule has 0 fully saturated rings. The molecule has 2 aliphatic rings. The van der Waals surface area contributed by atoms with E-state index in [1.54, 1.807) is 32.9 Å². The van der Waals surface area contributed by atoms with Crippen LogP contribution >= 0.6 is 0 Å². The van der Waals surface area contributed by atoms with Crippen molar-refractivity contribution in [3.63, 3.8) is 0 Å². The zero-order chi connectivity index (χ0) is 16.7. The summed E-state index contributed by atoms with van der Waals surface area (Å²) in [5, 5.41) is 0. The van der Waals surface area contributed by atoms with Crippen LogP contribution in [-0.2, 0) is 23.8 Å². The molecule has 0 aromatic heterocycles. The average molecular weight is 309 g/mol. The molecule has 2 rings (SSSR count). The first-order valence-electron chi connectivity index (χ1n) is 6.81. The molecule has 7 nitrogen and oxygen atoms in total. The van der Waals surface area contributed by atoms with Gasteiger partial charge in [0.1, 0.15) is 5.60 Å². The third-order valence-electron chi connectivity index (χ3n) is 3.37. The molecule has 2 heterocycles. The van der Waals surface area contributed by atoms with Crippen LogP contribution in [-0.4, -0.2) is 54.8 Å². The fourth-order valence-corrected chi connectivity index (χ4v) is 2.58. The summed E-state index contributed by atoms with van der Waals surface area (Å²) in [5.41, 5.74) is -0.448. The van der Waals surface area contributed by atoms with Crippen molar-refractivity contribution in [2.75, 3.05) is 14.2 Å². The van der Waals surface area contributed by atoms with Gasteiger partial charge in [0, 0.05) is 0 Å². The van der Waals surface area contributed by atoms with Gasteiger partial charge in [-0.2, -0.15) is 0 Å². The van der Waals surface area contributed by atoms with Crippen LogP contribution in [0.2, 0.25) is 0 Å². The Hall–Kier alpha value is -2.31. The molecule has 0 unspecified atom stereocenters. The number of hydrogen-bond donors (Lipinski definition) is 0. The van der Waals surface area contributed by atoms with Crippen LogP contribution in [0.4, 0.5) is 4.79 Å². The summed E-state index contributed by atoms with van der Waals surface area (Å²) in [5.74, 6) is -1.32. The van der Waals surface area contributed by atoms with Gasteiger partial charge in [0.05, 0.1) is 37.4 Å². The summed E-state index contributed by atoms with van der Waals surface area (Å²) < 4.78 is 14.8. The second kappa shape index (κ2) is 5.47. The number of nitrogens with zero attached hydrogens (tertiary/aromatic N) is 1. The standard InChI is InChI=1S/C15H19NO6/c1-15(2,3)22-14(19)16-8-6-7-9(16)11(13(18)21-5)10(8)12(17)20-4/h6-9H,1-5H3/t8-,9+. The minimum Gasteiger partial charge on any atom is -0.466 e. The Kier molecular flexibility index (Phi) is 4.00. The molecule has 2 bridgehead atoms. The maximum atomic E-state index is 12.4. The van der Waals surface area contributed by atoms with Gasteiger partial charge in [-0.15, -0.1) is 0 Å². The van der Waals surface area contributed by atoms with Crippen molar-refractivity contribution in [2.45, 2.75) is 38.5 Å². The Morgan fingerprint density at radius 2 is 1.36 bits per heavy atom. The van der Waals surface area contributed by atoms with E-state index < -0.39 is 35.7 Å². The first kappa shape index (κ1) is 16.1. The quantitative estimate of drug-likeness (QED) is 0.433. The lowest BCUT2D eigenvalue weighted by Gasteiger charge is -2.28. The van der Waals surface area contributed by atoms with Crippen molar-refractivity contribution in [3.8, 4) is 0 Å². The molecule has 0 spiro atoms. The number of fused-ring (bicyclic) bond motifs is 2. The Balaban J connectivity index is 2.37. The Labute approximate surface area is 128 Å². The molecule has 0 saturated heterocycles. The number of hydrogen-bond acceptors (Lipinski definition) is 6. The second-order valence-corrected chi connectivity index (χ2v) is 5.97. The van der Waals surface area contributed by atoms with Gasteiger partial charge < -0.3 is 14.2 Å². The van der Waals surface area contributed by atoms with Crippen LogP contribution < -0.4 is 0 Å². The number of ether oxygens (including phenoxy) is 3. The van der Waals surface area contributed by atoms with Crippen molar-refractivity contribution in [1.82, 2.24) is 4.90 Å². The summed E-state index contributed by atoms with van der Waals surface area (Å²) in [6.45, 7) is 5.23. The monoisotopic (exact) mass is 309 g/mol. The van der Waals surface area contributed by atoms with E-state index in [0.717, 1.165) is 0 Å². The number of carbonyl (C=O) groups excluding carboxylic acids is 3. The lowest BCUT2D eigenvalue weighted by Crippen LogP contribution is -2.42. The van der Waals surface area contributed by atoms with Gasteiger partial charge in [0.2, 0.25) is 0 Å². The molecule has 120 valence electrons. The highest BCUT2D eigenvalue weighted by Gasteiger charge is 2.51. The molecule has 22 heavy (non-hydrogen) atoms. The zero-order valence-corrected chi connectivity index (χ0v) is 13.2. The summed E-state index contributed by atoms with van der Waals surface area (Å²) in [4.78, 5) is 37.7. The SMILES string of the molecule is COC(=O)C1=C(C(=O)OC)[C@@H]2C=C[C@H]1N2C(=O)OC(C)(C)C. The van der Waals surface area contributed by atoms with Crippen molar-refractivity contribution in [2.24, 2.45) is 0 Å². The molecular weight excluding hydrogens is 290 g/mol. The highest BCUT2D eigenvalue weighted by molar-refractivity contribution is 6.06. The van der Waals surface area contributed by atoms with Gasteiger partial charge in [-0.05, 0) is 20.8 Å². The fourth-order valence-electron chi connectivity index (χ4n) is 2.58. The number of amides is 1. The third-order valence-corrected chi connectivity index (χ3v) is 3.37. The van der Waals surface area contributed by atoms with Crippen LogP contribution in [0, 0.1) is 0 Å². The highest BCUT2D eigenvalue weighted by atomic mass is 16.6. The summed E-state index contributed by atoms with van der Waals surface area (Å²) >= 11 is 0. The topological polar surface area (TPSA) is 82.1 Å². The smallest absolute Gasteiger partial charge is 0.411 e. The van der Waals surface area contributed by atoms with Crippen molar-refractivity contribution in [1.29, 1.82) is 0 Å². The first-order valence-corrected chi connectivity index (χ1v) is 6.81. The van der Waals surface area contributed by atoms with E-state index in [2.05, 4.69) is 0 Å². The summed E-state index contributed by atoms with van der Waals surface area (Å²) in [6, 6.07) is -1.36. The normalized spacial score (nSPS) is 22.9. The second-order valence-electron chi connectivity index (χ2n) is 5.97. The van der Waals surface area contributed by atoms with Crippen LogP contribution in [0.5, 0.6) is 0 Å². The number of rotatable bonds is 2. The Morgan fingerprint density at radius 1 is 0.955 bits per heavy atom. The Bertz CT molecular complexity index is 547. The van der Waals surface area contributed by atoms with E-state index in [0.29, 0.717) is 0 Å². The van der Waals surface area contributed by atoms with E-state index in [1.165, 1.54) is 19.1 Å². The molecule has 1 amide bonds. The molecule has 0 aliphatic carbocycles. The molecule has 0 aromatic carbocycles. The minimum absolute atomic E-state index is 0.118. The summed E-state index contributed by atoms with van der Waals surface area (Å²) in [6.07, 6.45) is 2.74. The zero-order valence-electron chi connectivity index (χ0n) is 13.2. The number of esters is 2. The van der Waals surface area contributed by atoms with E-state index in [1.807, 2.05) is 0 Å². The molecule has 0 saturated carbocycles. The molecule has 0 radical (unpaired) electrons. The third kappa shape index (κ3) is 2.58. The van der Waals surface area contributed by atoms with Crippen LogP contribution in [0.1, 0.15) is 20.8 Å². The molecule has 0 aromatic rings. The van der Waals surface area contributed by atoms with Crippen molar-refractivity contribution >= 4 is 18.0 Å². The molecule has 0 N–H and O–H groups in total. The molecule has 2 atom stereocenters. The molecule has 2 aliphatic heterocycles. The molecule has 7 heteroatoms. The maximum Gasteiger partial charge on any atom is 0.411 e. The maximum absolute atomic E-state index is 12.4. The summed E-state index contributed by atoms with van der Waals surface area (Å²) in [7, 11) is 2.44. The van der Waals surface area contributed by atoms with Gasteiger partial charge in [-0.1, -0.05) is 12.2 Å². The number of carbonyl (C=O) groups is 3. The van der Waals surface area contributed by atoms with E-state index in [4.69, 9.17) is 14.2 Å². The van der Waals surface area contributed by atoms with Crippen molar-refractivity contribution in [3.05, 3.63) is 23.3 Å². The van der Waals surface area contributed by atoms with Gasteiger partial charge >= 0.3 is 18.0 Å². The van der Waals surface area contributed by atoms with Gasteiger partial charge in [-0.25, -0.2) is 14.4 Å². The van der Waals surface area contributed by atoms with E-state index in [-0.39, 0.29) is 11.1 Å². The lowest BCUT2D eigenvalue weighted by molar-refractivity contribution is -0.139. The fraction of sp³-hybridized carbons (Fsp3) is 0.533. The van der Waals surface area contributed by atoms with E-state index >= 15 is 0 Å². The average Bonchev–Trinajstić information content (AvgIpc) is 2.99. The molecular formula is C15H19NO6. The lowest BCUT2D eigenvalue weighted by atomic mass is 9.97. The Morgan fingerprint density at radius 3 is 1.68 bits per heavy atom. The van der Waals surface area contributed by atoms with Gasteiger partial charge in [0.25, 0.3) is 0 Å². The largest absolute Gasteiger partial charge is 0.466 e. The minimum atomic E-state index is -0.685. The predicted octanol–water partition coefficient (Wildman–Crippen LogP) is 1.19. The number of methoxy groups -OCH3 is 2. The van der Waals surface area contributed by atoms with Gasteiger partial charge in [0.15, 0.2) is 0 Å². The first-order chi connectivity index (χ1) is 10.2. The predicted molar refractivity (Wildman–Crippen MR) is 75.8 cm³/mol. The van der Waals surface area contributed by atoms with Crippen LogP contribution in [0.15, 0.2) is 23.3 Å². The van der Waals surface area contributed by atoms with Crippen LogP contribution in [0.3, 0.4) is 0 Å². The highest BCUT2D eigenvalue weighted by Crippen LogP contribution is 2.39. The van der Waals surface area contributed by atoms with Crippen molar-refractivity contribution < 1.29 is 28.6 Å². The van der Waals surface area contributed by atoms with Crippen LogP contribution in [0.25, 0.3) is 0 Å². The van der Waals surface area contributed by atoms with E-state index in [9.17, 15) is 14.4 Å².